The average molecular weight is 607 g/mol. The molecule has 0 saturated carbocycles. The maximum absolute atomic E-state index is 11.6. The molecule has 0 bridgehead atoms. The van der Waals surface area contributed by atoms with Gasteiger partial charge in [0.1, 0.15) is 0 Å². The zero-order valence-electron chi connectivity index (χ0n) is 25.9. The van der Waals surface area contributed by atoms with Gasteiger partial charge in [-0.3, -0.25) is 9.59 Å². The highest BCUT2D eigenvalue weighted by Crippen LogP contribution is 2.34. The van der Waals surface area contributed by atoms with Crippen LogP contribution in [0.2, 0.25) is 0 Å². The van der Waals surface area contributed by atoms with Crippen molar-refractivity contribution in [2.45, 2.75) is 47.5 Å². The summed E-state index contributed by atoms with van der Waals surface area (Å²) in [5, 5.41) is 11.4. The third-order valence-corrected chi connectivity index (χ3v) is 5.75. The number of ether oxygens (including phenoxy) is 4. The maximum Gasteiger partial charge on any atom is 0.328 e. The highest BCUT2D eigenvalue weighted by molar-refractivity contribution is 5.88. The summed E-state index contributed by atoms with van der Waals surface area (Å²) in [5.41, 5.74) is 8.57. The summed E-state index contributed by atoms with van der Waals surface area (Å²) in [6.07, 6.45) is 11.3. The summed E-state index contributed by atoms with van der Waals surface area (Å²) in [5.74, 6) is 2.20. The largest absolute Gasteiger partial charge is 0.478 e. The fraction of sp³-hybridized carbons (Fsp3) is 0.324. The molecule has 2 aromatic carbocycles. The van der Waals surface area contributed by atoms with E-state index in [4.69, 9.17) is 29.8 Å². The second-order valence-corrected chi connectivity index (χ2v) is 10.4. The second kappa shape index (κ2) is 18.5. The monoisotopic (exact) mass is 606 g/mol. The van der Waals surface area contributed by atoms with Crippen LogP contribution in [0.5, 0.6) is 23.0 Å². The molecule has 0 unspecified atom stereocenters. The Hall–Kier alpha value is -4.99. The van der Waals surface area contributed by atoms with E-state index in [1.165, 1.54) is 0 Å². The molecular weight excluding hydrogens is 564 g/mol. The number of primary amides is 1. The Kier molecular flexibility index (Phi) is 14.8. The molecular formula is C34H42N2O8. The lowest BCUT2D eigenvalue weighted by Crippen LogP contribution is -2.25. The maximum atomic E-state index is 11.6. The van der Waals surface area contributed by atoms with E-state index in [9.17, 15) is 14.4 Å². The smallest absolute Gasteiger partial charge is 0.328 e. The zero-order valence-corrected chi connectivity index (χ0v) is 25.9. The van der Waals surface area contributed by atoms with Crippen LogP contribution in [-0.4, -0.2) is 43.0 Å². The van der Waals surface area contributed by atoms with Crippen LogP contribution in [0, 0.1) is 5.92 Å². The Morgan fingerprint density at radius 2 is 1.30 bits per heavy atom. The number of carbonyl (C=O) groups excluding carboxylic acids is 2. The van der Waals surface area contributed by atoms with Crippen LogP contribution >= 0.6 is 0 Å². The molecule has 0 aromatic heterocycles. The number of carboxylic acids is 1. The van der Waals surface area contributed by atoms with Crippen LogP contribution in [0.15, 0.2) is 71.8 Å². The summed E-state index contributed by atoms with van der Waals surface area (Å²) in [6.45, 7) is 11.1. The van der Waals surface area contributed by atoms with E-state index in [-0.39, 0.29) is 25.4 Å². The van der Waals surface area contributed by atoms with Crippen molar-refractivity contribution in [3.8, 4) is 23.0 Å². The van der Waals surface area contributed by atoms with Crippen LogP contribution in [-0.2, 0) is 14.4 Å². The Balaban J connectivity index is 0.000000263. The van der Waals surface area contributed by atoms with Crippen molar-refractivity contribution in [2.24, 2.45) is 11.7 Å². The minimum absolute atomic E-state index is 0.0675. The zero-order chi connectivity index (χ0) is 32.5. The molecule has 0 aliphatic carbocycles. The number of nitrogens with two attached hydrogens (primary N) is 1. The standard InChI is InChI=1S/C17H21NO3.C13H12O4.C4H9NO/c1-12(2)10-18-17(19)7-4-13(3)8-14-5-6-15-16(9-14)21-11-20-15;1-9(2-5-13(14)15)6-10-3-4-11-12(7-10)17-8-16-11;1-2-3-4(5)6/h4-9,12H,10-11H2,1-3H3,(H,18,19);2-7H,8H2,1H3,(H,14,15);2-3H2,1H3,(H2,5,6)/b7-4+,13-8+;5-2+,9-6+;. The van der Waals surface area contributed by atoms with E-state index in [0.717, 1.165) is 52.0 Å². The van der Waals surface area contributed by atoms with Crippen molar-refractivity contribution in [1.29, 1.82) is 0 Å². The number of nitrogens with one attached hydrogen (secondary N) is 1. The van der Waals surface area contributed by atoms with Gasteiger partial charge in [0.15, 0.2) is 23.0 Å². The summed E-state index contributed by atoms with van der Waals surface area (Å²) in [4.78, 5) is 31.8. The van der Waals surface area contributed by atoms with Crippen molar-refractivity contribution < 1.29 is 38.4 Å². The Morgan fingerprint density at radius 1 is 0.818 bits per heavy atom. The summed E-state index contributed by atoms with van der Waals surface area (Å²) in [7, 11) is 0. The lowest BCUT2D eigenvalue weighted by Gasteiger charge is -2.04. The number of carboxylic acid groups (broad SMARTS) is 1. The van der Waals surface area contributed by atoms with E-state index in [1.807, 2.05) is 69.3 Å². The van der Waals surface area contributed by atoms with Crippen molar-refractivity contribution in [1.82, 2.24) is 5.32 Å². The Morgan fingerprint density at radius 3 is 1.70 bits per heavy atom. The van der Waals surface area contributed by atoms with Crippen LogP contribution in [0.1, 0.15) is 58.6 Å². The van der Waals surface area contributed by atoms with E-state index >= 15 is 0 Å². The normalized spacial score (nSPS) is 13.3. The fourth-order valence-electron chi connectivity index (χ4n) is 3.65. The summed E-state index contributed by atoms with van der Waals surface area (Å²) < 4.78 is 21.1. The third kappa shape index (κ3) is 13.8. The van der Waals surface area contributed by atoms with Gasteiger partial charge in [-0.1, -0.05) is 68.4 Å². The first-order valence-corrected chi connectivity index (χ1v) is 14.3. The van der Waals surface area contributed by atoms with Gasteiger partial charge in [-0.15, -0.1) is 0 Å². The summed E-state index contributed by atoms with van der Waals surface area (Å²) in [6, 6.07) is 11.4. The highest BCUT2D eigenvalue weighted by atomic mass is 16.7. The lowest BCUT2D eigenvalue weighted by molar-refractivity contribution is -0.131. The van der Waals surface area contributed by atoms with Crippen LogP contribution in [0.3, 0.4) is 0 Å². The molecule has 0 fully saturated rings. The van der Waals surface area contributed by atoms with Gasteiger partial charge in [0.2, 0.25) is 25.4 Å². The van der Waals surface area contributed by atoms with Gasteiger partial charge in [-0.25, -0.2) is 4.79 Å². The number of aliphatic carboxylic acids is 1. The highest BCUT2D eigenvalue weighted by Gasteiger charge is 2.13. The molecule has 2 amide bonds. The first kappa shape index (κ1) is 35.2. The fourth-order valence-corrected chi connectivity index (χ4v) is 3.65. The van der Waals surface area contributed by atoms with Gasteiger partial charge in [0.25, 0.3) is 0 Å². The molecule has 2 aliphatic rings. The molecule has 236 valence electrons. The van der Waals surface area contributed by atoms with Crippen molar-refractivity contribution in [3.05, 3.63) is 83.0 Å². The quantitative estimate of drug-likeness (QED) is 0.225. The van der Waals surface area contributed by atoms with Crippen LogP contribution < -0.4 is 30.0 Å². The number of fused-ring (bicyclic) bond motifs is 2. The van der Waals surface area contributed by atoms with Gasteiger partial charge in [-0.05, 0) is 61.6 Å². The van der Waals surface area contributed by atoms with E-state index in [0.29, 0.717) is 24.6 Å². The topological polar surface area (TPSA) is 146 Å². The molecule has 4 rings (SSSR count). The first-order valence-electron chi connectivity index (χ1n) is 14.3. The molecule has 2 aliphatic heterocycles. The lowest BCUT2D eigenvalue weighted by atomic mass is 10.1. The Bertz CT molecular complexity index is 1410. The molecule has 2 heterocycles. The molecule has 0 atom stereocenters. The summed E-state index contributed by atoms with van der Waals surface area (Å²) >= 11 is 0. The van der Waals surface area contributed by atoms with Crippen molar-refractivity contribution >= 4 is 29.9 Å². The second-order valence-electron chi connectivity index (χ2n) is 10.4. The Labute approximate surface area is 258 Å². The van der Waals surface area contributed by atoms with E-state index in [1.54, 1.807) is 18.2 Å². The molecule has 4 N–H and O–H groups in total. The third-order valence-electron chi connectivity index (χ3n) is 5.75. The van der Waals surface area contributed by atoms with Gasteiger partial charge in [0, 0.05) is 25.1 Å². The number of carbonyl (C=O) groups is 3. The molecule has 0 saturated heterocycles. The molecule has 2 aromatic rings. The number of rotatable bonds is 10. The molecule has 0 radical (unpaired) electrons. The molecule has 44 heavy (non-hydrogen) atoms. The van der Waals surface area contributed by atoms with Gasteiger partial charge in [0.05, 0.1) is 0 Å². The molecule has 0 spiro atoms. The van der Waals surface area contributed by atoms with Gasteiger partial charge < -0.3 is 35.1 Å². The van der Waals surface area contributed by atoms with Gasteiger partial charge >= 0.3 is 5.97 Å². The minimum Gasteiger partial charge on any atom is -0.478 e. The predicted octanol–water partition coefficient (Wildman–Crippen LogP) is 5.88. The number of amides is 2. The molecule has 10 nitrogen and oxygen atoms in total. The van der Waals surface area contributed by atoms with Crippen LogP contribution in [0.4, 0.5) is 0 Å². The van der Waals surface area contributed by atoms with E-state index in [2.05, 4.69) is 19.2 Å². The number of benzene rings is 2. The van der Waals surface area contributed by atoms with Crippen LogP contribution in [0.25, 0.3) is 12.2 Å². The SMILES string of the molecule is CC(/C=C/C(=O)NCC(C)C)=C\c1ccc2c(c1)OCO2.CC(/C=C/C(=O)O)=C\c1ccc2c(c1)OCO2.CCCC(N)=O. The minimum atomic E-state index is -0.955. The van der Waals surface area contributed by atoms with Crippen molar-refractivity contribution in [3.63, 3.8) is 0 Å². The van der Waals surface area contributed by atoms with Crippen molar-refractivity contribution in [2.75, 3.05) is 20.1 Å². The average Bonchev–Trinajstić information content (AvgIpc) is 3.63. The predicted molar refractivity (Wildman–Crippen MR) is 170 cm³/mol. The number of allylic oxidation sites excluding steroid dienone is 4. The number of hydrogen-bond acceptors (Lipinski definition) is 7. The first-order chi connectivity index (χ1) is 21.0. The van der Waals surface area contributed by atoms with E-state index < -0.39 is 5.97 Å². The van der Waals surface area contributed by atoms with Gasteiger partial charge in [-0.2, -0.15) is 0 Å². The number of hydrogen-bond donors (Lipinski definition) is 3. The molecule has 10 heteroatoms.